The van der Waals surface area contributed by atoms with Crippen molar-refractivity contribution in [3.63, 3.8) is 0 Å². The number of benzene rings is 1. The third-order valence-electron chi connectivity index (χ3n) is 3.09. The number of carbonyl (C=O) groups is 1. The quantitative estimate of drug-likeness (QED) is 0.731. The van der Waals surface area contributed by atoms with Gasteiger partial charge < -0.3 is 9.52 Å². The molecule has 0 saturated heterocycles. The number of aryl methyl sites for hydroxylation is 1. The lowest BCUT2D eigenvalue weighted by molar-refractivity contribution is -0.136. The van der Waals surface area contributed by atoms with E-state index in [-0.39, 0.29) is 6.42 Å². The van der Waals surface area contributed by atoms with Gasteiger partial charge in [0.25, 0.3) is 0 Å². The van der Waals surface area contributed by atoms with Crippen molar-refractivity contribution in [3.05, 3.63) is 57.5 Å². The fourth-order valence-corrected chi connectivity index (χ4v) is 2.73. The van der Waals surface area contributed by atoms with Crippen molar-refractivity contribution in [2.24, 2.45) is 0 Å². The number of hydrogen-bond donors (Lipinski definition) is 1. The summed E-state index contributed by atoms with van der Waals surface area (Å²) in [5.41, 5.74) is 2.38. The molecule has 0 unspecified atom stereocenters. The summed E-state index contributed by atoms with van der Waals surface area (Å²) in [7, 11) is 0. The Kier molecular flexibility index (Phi) is 3.51. The molecule has 0 aliphatic carbocycles. The molecule has 3 nitrogen and oxygen atoms in total. The molecule has 0 amide bonds. The first-order chi connectivity index (χ1) is 10.1. The zero-order chi connectivity index (χ0) is 14.8. The Hall–Kier alpha value is -2.51. The summed E-state index contributed by atoms with van der Waals surface area (Å²) in [4.78, 5) is 12.0. The number of fused-ring (bicyclic) bond motifs is 1. The Morgan fingerprint density at radius 3 is 2.90 bits per heavy atom. The number of hydrogen-bond acceptors (Lipinski definition) is 3. The fourth-order valence-electron chi connectivity index (χ4n) is 2.16. The molecule has 0 aliphatic heterocycles. The molecule has 1 aromatic carbocycles. The molecule has 0 saturated carbocycles. The number of furan rings is 1. The molecular formula is C17H12O3S. The molecule has 2 aromatic heterocycles. The predicted molar refractivity (Wildman–Crippen MR) is 82.6 cm³/mol. The maximum atomic E-state index is 11.1. The van der Waals surface area contributed by atoms with E-state index in [2.05, 4.69) is 11.8 Å². The van der Waals surface area contributed by atoms with E-state index in [0.717, 1.165) is 15.8 Å². The lowest BCUT2D eigenvalue weighted by atomic mass is 10.1. The van der Waals surface area contributed by atoms with Crippen LogP contribution in [0.2, 0.25) is 0 Å². The highest BCUT2D eigenvalue weighted by Gasteiger charge is 2.15. The highest BCUT2D eigenvalue weighted by Crippen LogP contribution is 2.27. The number of aliphatic carboxylic acids is 1. The molecular weight excluding hydrogens is 284 g/mol. The van der Waals surface area contributed by atoms with Crippen LogP contribution in [0.4, 0.5) is 0 Å². The highest BCUT2D eigenvalue weighted by atomic mass is 32.1. The van der Waals surface area contributed by atoms with Crippen molar-refractivity contribution in [3.8, 4) is 11.8 Å². The van der Waals surface area contributed by atoms with Crippen LogP contribution in [0.25, 0.3) is 11.0 Å². The van der Waals surface area contributed by atoms with Crippen LogP contribution >= 0.6 is 11.3 Å². The van der Waals surface area contributed by atoms with E-state index < -0.39 is 5.97 Å². The van der Waals surface area contributed by atoms with Gasteiger partial charge in [-0.25, -0.2) is 0 Å². The smallest absolute Gasteiger partial charge is 0.308 e. The molecule has 0 spiro atoms. The Morgan fingerprint density at radius 2 is 2.19 bits per heavy atom. The number of rotatable bonds is 2. The van der Waals surface area contributed by atoms with Crippen LogP contribution in [-0.4, -0.2) is 11.1 Å². The molecule has 3 aromatic rings. The van der Waals surface area contributed by atoms with Gasteiger partial charge in [0.05, 0.1) is 11.3 Å². The van der Waals surface area contributed by atoms with Crippen molar-refractivity contribution >= 4 is 28.3 Å². The summed E-state index contributed by atoms with van der Waals surface area (Å²) in [6.45, 7) is 1.97. The fraction of sp³-hybridized carbons (Fsp3) is 0.118. The number of thiophene rings is 1. The monoisotopic (exact) mass is 296 g/mol. The zero-order valence-electron chi connectivity index (χ0n) is 11.3. The normalized spacial score (nSPS) is 10.3. The lowest BCUT2D eigenvalue weighted by Gasteiger charge is -1.95. The van der Waals surface area contributed by atoms with E-state index in [1.54, 1.807) is 0 Å². The van der Waals surface area contributed by atoms with Crippen LogP contribution in [0.3, 0.4) is 0 Å². The molecule has 1 N–H and O–H groups in total. The predicted octanol–water partition coefficient (Wildman–Crippen LogP) is 3.83. The first-order valence-electron chi connectivity index (χ1n) is 6.43. The summed E-state index contributed by atoms with van der Waals surface area (Å²) < 4.78 is 5.72. The van der Waals surface area contributed by atoms with Crippen molar-refractivity contribution in [2.75, 3.05) is 0 Å². The van der Waals surface area contributed by atoms with Crippen LogP contribution in [0.1, 0.15) is 21.8 Å². The lowest BCUT2D eigenvalue weighted by Crippen LogP contribution is -2.00. The van der Waals surface area contributed by atoms with Gasteiger partial charge >= 0.3 is 5.97 Å². The van der Waals surface area contributed by atoms with E-state index in [4.69, 9.17) is 9.52 Å². The van der Waals surface area contributed by atoms with Crippen LogP contribution in [0, 0.1) is 18.8 Å². The SMILES string of the molecule is Cc1ccc2oc(C#Cc3cccs3)c(CC(=O)O)c2c1. The molecule has 0 radical (unpaired) electrons. The Morgan fingerprint density at radius 1 is 1.33 bits per heavy atom. The zero-order valence-corrected chi connectivity index (χ0v) is 12.2. The Balaban J connectivity index is 2.14. The second-order valence-electron chi connectivity index (χ2n) is 4.71. The highest BCUT2D eigenvalue weighted by molar-refractivity contribution is 7.10. The summed E-state index contributed by atoms with van der Waals surface area (Å²) in [6, 6.07) is 9.57. The summed E-state index contributed by atoms with van der Waals surface area (Å²) >= 11 is 1.54. The maximum Gasteiger partial charge on any atom is 0.308 e. The molecule has 3 rings (SSSR count). The summed E-state index contributed by atoms with van der Waals surface area (Å²) in [6.07, 6.45) is -0.0924. The molecule has 4 heteroatoms. The molecule has 104 valence electrons. The van der Waals surface area contributed by atoms with Gasteiger partial charge in [0.15, 0.2) is 5.76 Å². The standard InChI is InChI=1S/C17H12O3S/c1-11-4-6-15-13(9-11)14(10-17(18)19)16(20-15)7-5-12-3-2-8-21-12/h2-4,6,8-9H,10H2,1H3,(H,18,19). The van der Waals surface area contributed by atoms with Crippen LogP contribution < -0.4 is 0 Å². The minimum atomic E-state index is -0.890. The first-order valence-corrected chi connectivity index (χ1v) is 7.31. The van der Waals surface area contributed by atoms with Crippen LogP contribution in [0.5, 0.6) is 0 Å². The molecule has 2 heterocycles. The molecule has 21 heavy (non-hydrogen) atoms. The first kappa shape index (κ1) is 13.5. The Labute approximate surface area is 125 Å². The van der Waals surface area contributed by atoms with Gasteiger partial charge in [-0.15, -0.1) is 11.3 Å². The average molecular weight is 296 g/mol. The second-order valence-corrected chi connectivity index (χ2v) is 5.65. The van der Waals surface area contributed by atoms with Crippen LogP contribution in [0.15, 0.2) is 40.1 Å². The second kappa shape index (κ2) is 5.47. The minimum absolute atomic E-state index is 0.0924. The van der Waals surface area contributed by atoms with Gasteiger partial charge in [0.2, 0.25) is 0 Å². The van der Waals surface area contributed by atoms with E-state index in [9.17, 15) is 4.79 Å². The van der Waals surface area contributed by atoms with E-state index in [1.165, 1.54) is 11.3 Å². The van der Waals surface area contributed by atoms with Gasteiger partial charge in [-0.2, -0.15) is 0 Å². The third kappa shape index (κ3) is 2.83. The van der Waals surface area contributed by atoms with Crippen molar-refractivity contribution in [1.82, 2.24) is 0 Å². The number of carboxylic acid groups (broad SMARTS) is 1. The van der Waals surface area contributed by atoms with Crippen molar-refractivity contribution in [1.29, 1.82) is 0 Å². The largest absolute Gasteiger partial charge is 0.481 e. The van der Waals surface area contributed by atoms with E-state index in [1.807, 2.05) is 42.6 Å². The molecule has 0 atom stereocenters. The summed E-state index contributed by atoms with van der Waals surface area (Å²) in [5.74, 6) is 5.52. The molecule has 0 aliphatic rings. The van der Waals surface area contributed by atoms with Gasteiger partial charge in [0.1, 0.15) is 5.58 Å². The average Bonchev–Trinajstić information content (AvgIpc) is 3.05. The van der Waals surface area contributed by atoms with Gasteiger partial charge in [-0.1, -0.05) is 17.7 Å². The minimum Gasteiger partial charge on any atom is -0.481 e. The van der Waals surface area contributed by atoms with Crippen molar-refractivity contribution in [2.45, 2.75) is 13.3 Å². The molecule has 0 fully saturated rings. The third-order valence-corrected chi connectivity index (χ3v) is 3.88. The van der Waals surface area contributed by atoms with Gasteiger partial charge in [-0.05, 0) is 42.3 Å². The van der Waals surface area contributed by atoms with Crippen LogP contribution in [-0.2, 0) is 11.2 Å². The van der Waals surface area contributed by atoms with Crippen molar-refractivity contribution < 1.29 is 14.3 Å². The van der Waals surface area contributed by atoms with Gasteiger partial charge in [-0.3, -0.25) is 4.79 Å². The molecule has 0 bridgehead atoms. The topological polar surface area (TPSA) is 50.4 Å². The van der Waals surface area contributed by atoms with Gasteiger partial charge in [0, 0.05) is 10.9 Å². The summed E-state index contributed by atoms with van der Waals surface area (Å²) in [5, 5.41) is 11.9. The number of carboxylic acids is 1. The van der Waals surface area contributed by atoms with E-state index >= 15 is 0 Å². The van der Waals surface area contributed by atoms with E-state index in [0.29, 0.717) is 16.9 Å². The maximum absolute atomic E-state index is 11.1. The Bertz CT molecular complexity index is 861.